The molecule has 0 unspecified atom stereocenters. The van der Waals surface area contributed by atoms with E-state index in [-0.39, 0.29) is 17.1 Å². The van der Waals surface area contributed by atoms with Crippen LogP contribution in [0.1, 0.15) is 5.56 Å². The number of nitro benzene ring substituents is 1. The fourth-order valence-corrected chi connectivity index (χ4v) is 3.16. The monoisotopic (exact) mass is 383 g/mol. The summed E-state index contributed by atoms with van der Waals surface area (Å²) in [4.78, 5) is 33.8. The number of ether oxygens (including phenoxy) is 1. The van der Waals surface area contributed by atoms with Gasteiger partial charge >= 0.3 is 5.97 Å². The van der Waals surface area contributed by atoms with Crippen molar-refractivity contribution < 1.29 is 19.2 Å². The van der Waals surface area contributed by atoms with Crippen LogP contribution >= 0.6 is 23.1 Å². The summed E-state index contributed by atoms with van der Waals surface area (Å²) in [5.74, 6) is -1.25. The lowest BCUT2D eigenvalue weighted by Crippen LogP contribution is -2.22. The SMILES string of the molecule is Cc1c(NC(=O)COC(=O)CSc2nnc(N)s2)cccc1[N+](=O)[O-]. The molecule has 2 rings (SSSR count). The van der Waals surface area contributed by atoms with Gasteiger partial charge in [0.15, 0.2) is 10.9 Å². The number of esters is 1. The molecule has 0 fully saturated rings. The van der Waals surface area contributed by atoms with Crippen molar-refractivity contribution in [1.29, 1.82) is 0 Å². The Bertz CT molecular complexity index is 810. The summed E-state index contributed by atoms with van der Waals surface area (Å²) >= 11 is 2.23. The number of thioether (sulfide) groups is 1. The average Bonchev–Trinajstić information content (AvgIpc) is 2.98. The highest BCUT2D eigenvalue weighted by atomic mass is 32.2. The van der Waals surface area contributed by atoms with E-state index in [2.05, 4.69) is 15.5 Å². The van der Waals surface area contributed by atoms with E-state index in [0.29, 0.717) is 15.0 Å². The van der Waals surface area contributed by atoms with Crippen LogP contribution in [0.25, 0.3) is 0 Å². The second kappa shape index (κ2) is 8.39. The second-order valence-electron chi connectivity index (χ2n) is 4.61. The van der Waals surface area contributed by atoms with E-state index in [9.17, 15) is 19.7 Å². The first-order chi connectivity index (χ1) is 11.9. The minimum Gasteiger partial charge on any atom is -0.455 e. The summed E-state index contributed by atoms with van der Waals surface area (Å²) in [5, 5.41) is 21.0. The molecule has 0 aliphatic carbocycles. The molecule has 132 valence electrons. The van der Waals surface area contributed by atoms with Crippen LogP contribution in [0.4, 0.5) is 16.5 Å². The molecule has 0 saturated heterocycles. The maximum atomic E-state index is 11.8. The summed E-state index contributed by atoms with van der Waals surface area (Å²) in [6, 6.07) is 4.32. The zero-order valence-corrected chi connectivity index (χ0v) is 14.6. The lowest BCUT2D eigenvalue weighted by molar-refractivity contribution is -0.385. The van der Waals surface area contributed by atoms with Gasteiger partial charge in [-0.3, -0.25) is 19.7 Å². The third kappa shape index (κ3) is 5.39. The maximum absolute atomic E-state index is 11.8. The van der Waals surface area contributed by atoms with E-state index in [1.54, 1.807) is 0 Å². The lowest BCUT2D eigenvalue weighted by Gasteiger charge is -2.09. The molecule has 25 heavy (non-hydrogen) atoms. The molecule has 0 radical (unpaired) electrons. The van der Waals surface area contributed by atoms with Gasteiger partial charge in [0.05, 0.1) is 21.9 Å². The number of aromatic nitrogens is 2. The van der Waals surface area contributed by atoms with Crippen LogP contribution < -0.4 is 11.1 Å². The number of rotatable bonds is 7. The van der Waals surface area contributed by atoms with Crippen molar-refractivity contribution in [2.24, 2.45) is 0 Å². The van der Waals surface area contributed by atoms with Crippen molar-refractivity contribution in [2.45, 2.75) is 11.3 Å². The normalized spacial score (nSPS) is 10.3. The Hall–Kier alpha value is -2.73. The largest absolute Gasteiger partial charge is 0.455 e. The van der Waals surface area contributed by atoms with E-state index >= 15 is 0 Å². The molecular formula is C13H13N5O5S2. The molecule has 12 heteroatoms. The molecule has 0 aliphatic heterocycles. The van der Waals surface area contributed by atoms with Gasteiger partial charge in [0.1, 0.15) is 0 Å². The summed E-state index contributed by atoms with van der Waals surface area (Å²) in [5.41, 5.74) is 5.91. The quantitative estimate of drug-likeness (QED) is 0.314. The third-order valence-electron chi connectivity index (χ3n) is 2.88. The zero-order chi connectivity index (χ0) is 18.4. The zero-order valence-electron chi connectivity index (χ0n) is 12.9. The predicted molar refractivity (Wildman–Crippen MR) is 92.5 cm³/mol. The molecule has 1 heterocycles. The van der Waals surface area contributed by atoms with Crippen LogP contribution in [0, 0.1) is 17.0 Å². The Balaban J connectivity index is 1.81. The highest BCUT2D eigenvalue weighted by Crippen LogP contribution is 2.25. The number of hydrogen-bond acceptors (Lipinski definition) is 10. The first kappa shape index (κ1) is 18.6. The molecule has 0 bridgehead atoms. The molecule has 1 aromatic carbocycles. The minimum atomic E-state index is -0.607. The number of nitrogens with zero attached hydrogens (tertiary/aromatic N) is 3. The van der Waals surface area contributed by atoms with E-state index in [1.165, 1.54) is 25.1 Å². The minimum absolute atomic E-state index is 0.0439. The van der Waals surface area contributed by atoms with Crippen LogP contribution in [0.5, 0.6) is 0 Å². The first-order valence-electron chi connectivity index (χ1n) is 6.78. The molecule has 10 nitrogen and oxygen atoms in total. The Morgan fingerprint density at radius 2 is 2.20 bits per heavy atom. The van der Waals surface area contributed by atoms with Gasteiger partial charge in [-0.2, -0.15) is 0 Å². The van der Waals surface area contributed by atoms with Gasteiger partial charge in [-0.1, -0.05) is 29.2 Å². The van der Waals surface area contributed by atoms with Crippen molar-refractivity contribution in [2.75, 3.05) is 23.4 Å². The van der Waals surface area contributed by atoms with Gasteiger partial charge in [0, 0.05) is 6.07 Å². The molecule has 1 amide bonds. The summed E-state index contributed by atoms with van der Waals surface area (Å²) in [6.45, 7) is 1.02. The number of nitrogens with one attached hydrogen (secondary N) is 1. The van der Waals surface area contributed by atoms with E-state index in [4.69, 9.17) is 10.5 Å². The first-order valence-corrected chi connectivity index (χ1v) is 8.58. The Kier molecular flexibility index (Phi) is 6.25. The number of benzene rings is 1. The summed E-state index contributed by atoms with van der Waals surface area (Å²) in [7, 11) is 0. The number of carbonyl (C=O) groups excluding carboxylic acids is 2. The Morgan fingerprint density at radius 1 is 1.44 bits per heavy atom. The smallest absolute Gasteiger partial charge is 0.316 e. The highest BCUT2D eigenvalue weighted by molar-refractivity contribution is 8.01. The third-order valence-corrected chi connectivity index (χ3v) is 4.74. The Labute approximate surface area is 149 Å². The predicted octanol–water partition coefficient (Wildman–Crippen LogP) is 1.61. The van der Waals surface area contributed by atoms with Crippen molar-refractivity contribution in [3.8, 4) is 0 Å². The number of hydrogen-bond donors (Lipinski definition) is 2. The number of nitro groups is 1. The van der Waals surface area contributed by atoms with Crippen LogP contribution in [-0.2, 0) is 14.3 Å². The summed E-state index contributed by atoms with van der Waals surface area (Å²) < 4.78 is 5.36. The van der Waals surface area contributed by atoms with E-state index in [1.807, 2.05) is 0 Å². The van der Waals surface area contributed by atoms with Crippen LogP contribution in [-0.4, -0.2) is 39.4 Å². The van der Waals surface area contributed by atoms with Crippen molar-refractivity contribution in [3.05, 3.63) is 33.9 Å². The number of nitrogens with two attached hydrogens (primary N) is 1. The maximum Gasteiger partial charge on any atom is 0.316 e. The number of amides is 1. The fourth-order valence-electron chi connectivity index (χ4n) is 1.73. The molecular weight excluding hydrogens is 370 g/mol. The van der Waals surface area contributed by atoms with Crippen molar-refractivity contribution in [1.82, 2.24) is 10.2 Å². The van der Waals surface area contributed by atoms with Crippen LogP contribution in [0.3, 0.4) is 0 Å². The molecule has 0 spiro atoms. The Morgan fingerprint density at radius 3 is 2.84 bits per heavy atom. The topological polar surface area (TPSA) is 150 Å². The average molecular weight is 383 g/mol. The van der Waals surface area contributed by atoms with Crippen molar-refractivity contribution in [3.63, 3.8) is 0 Å². The van der Waals surface area contributed by atoms with Crippen molar-refractivity contribution >= 4 is 51.5 Å². The van der Waals surface area contributed by atoms with E-state index < -0.39 is 23.4 Å². The van der Waals surface area contributed by atoms with Crippen LogP contribution in [0.15, 0.2) is 22.5 Å². The lowest BCUT2D eigenvalue weighted by atomic mass is 10.1. The number of nitrogen functional groups attached to an aromatic ring is 1. The van der Waals surface area contributed by atoms with Gasteiger partial charge in [-0.15, -0.1) is 10.2 Å². The number of anilines is 2. The second-order valence-corrected chi connectivity index (χ2v) is 6.84. The molecule has 0 aliphatic rings. The molecule has 0 saturated carbocycles. The van der Waals surface area contributed by atoms with Gasteiger partial charge in [-0.25, -0.2) is 0 Å². The van der Waals surface area contributed by atoms with Gasteiger partial charge in [0.25, 0.3) is 11.6 Å². The summed E-state index contributed by atoms with van der Waals surface area (Å²) in [6.07, 6.45) is 0. The molecule has 1 aromatic heterocycles. The van der Waals surface area contributed by atoms with E-state index in [0.717, 1.165) is 23.1 Å². The standard InChI is InChI=1S/C13H13N5O5S2/c1-7-8(3-2-4-9(7)18(21)22)15-10(19)5-23-11(20)6-24-13-17-16-12(14)25-13/h2-4H,5-6H2,1H3,(H2,14,16)(H,15,19). The van der Waals surface area contributed by atoms with Crippen LogP contribution in [0.2, 0.25) is 0 Å². The van der Waals surface area contributed by atoms with Gasteiger partial charge in [-0.05, 0) is 13.0 Å². The highest BCUT2D eigenvalue weighted by Gasteiger charge is 2.16. The molecule has 3 N–H and O–H groups in total. The number of carbonyl (C=O) groups is 2. The fraction of sp³-hybridized carbons (Fsp3) is 0.231. The molecule has 2 aromatic rings. The van der Waals surface area contributed by atoms with Gasteiger partial charge < -0.3 is 15.8 Å². The van der Waals surface area contributed by atoms with Gasteiger partial charge in [0.2, 0.25) is 5.13 Å². The molecule has 0 atom stereocenters.